The first-order chi connectivity index (χ1) is 11.5. The molecule has 0 saturated heterocycles. The normalized spacial score (nSPS) is 12.5. The van der Waals surface area contributed by atoms with Crippen molar-refractivity contribution in [3.8, 4) is 0 Å². The number of fused-ring (bicyclic) bond motifs is 2. The molecule has 2 aromatic carbocycles. The summed E-state index contributed by atoms with van der Waals surface area (Å²) in [5.41, 5.74) is 7.42. The van der Waals surface area contributed by atoms with E-state index in [0.717, 1.165) is 21.8 Å². The zero-order valence-electron chi connectivity index (χ0n) is 13.6. The minimum atomic E-state index is -0.719. The van der Waals surface area contributed by atoms with Crippen molar-refractivity contribution >= 4 is 33.6 Å². The summed E-state index contributed by atoms with van der Waals surface area (Å²) in [5, 5.41) is 4.28. The molecule has 122 valence electrons. The highest BCUT2D eigenvalue weighted by Crippen LogP contribution is 2.26. The highest BCUT2D eigenvalue weighted by Gasteiger charge is 2.24. The average molecular weight is 321 g/mol. The van der Waals surface area contributed by atoms with Gasteiger partial charge in [-0.05, 0) is 18.1 Å². The van der Waals surface area contributed by atoms with Gasteiger partial charge in [-0.3, -0.25) is 9.59 Å². The molecular weight excluding hydrogens is 302 g/mol. The third-order valence-electron chi connectivity index (χ3n) is 4.07. The summed E-state index contributed by atoms with van der Waals surface area (Å²) >= 11 is 0. The number of primary amides is 1. The molecule has 0 aliphatic carbocycles. The highest BCUT2D eigenvalue weighted by atomic mass is 16.2. The molecule has 1 heterocycles. The zero-order chi connectivity index (χ0) is 17.3. The minimum Gasteiger partial charge on any atom is -0.368 e. The predicted molar refractivity (Wildman–Crippen MR) is 94.5 cm³/mol. The third kappa shape index (κ3) is 2.80. The maximum Gasteiger partial charge on any atom is 0.253 e. The minimum absolute atomic E-state index is 0.0918. The summed E-state index contributed by atoms with van der Waals surface area (Å²) in [5.74, 6) is -0.950. The second-order valence-electron chi connectivity index (χ2n) is 6.12. The lowest BCUT2D eigenvalue weighted by atomic mass is 9.99. The van der Waals surface area contributed by atoms with Crippen molar-refractivity contribution in [3.63, 3.8) is 0 Å². The number of nitrogens with two attached hydrogens (primary N) is 1. The van der Waals surface area contributed by atoms with Crippen LogP contribution in [0.25, 0.3) is 21.8 Å². The maximum absolute atomic E-state index is 12.9. The Morgan fingerprint density at radius 1 is 0.958 bits per heavy atom. The van der Waals surface area contributed by atoms with Gasteiger partial charge in [-0.1, -0.05) is 50.2 Å². The largest absolute Gasteiger partial charge is 0.368 e. The van der Waals surface area contributed by atoms with Gasteiger partial charge < -0.3 is 11.1 Å². The monoisotopic (exact) mass is 321 g/mol. The number of hydrogen-bond acceptors (Lipinski definition) is 3. The van der Waals surface area contributed by atoms with E-state index in [1.807, 2.05) is 62.4 Å². The van der Waals surface area contributed by atoms with Gasteiger partial charge in [-0.25, -0.2) is 4.98 Å². The Balaban J connectivity index is 2.18. The number of hydrogen-bond donors (Lipinski definition) is 2. The van der Waals surface area contributed by atoms with Gasteiger partial charge in [0.15, 0.2) is 0 Å². The summed E-state index contributed by atoms with van der Waals surface area (Å²) in [6.45, 7) is 3.69. The molecule has 0 aliphatic rings. The van der Waals surface area contributed by atoms with Crippen LogP contribution in [0.4, 0.5) is 0 Å². The second-order valence-corrected chi connectivity index (χ2v) is 6.12. The lowest BCUT2D eigenvalue weighted by Gasteiger charge is -2.20. The zero-order valence-corrected chi connectivity index (χ0v) is 13.6. The van der Waals surface area contributed by atoms with Crippen molar-refractivity contribution in [2.45, 2.75) is 19.9 Å². The fourth-order valence-electron chi connectivity index (χ4n) is 2.86. The fraction of sp³-hybridized carbons (Fsp3) is 0.211. The fourth-order valence-corrected chi connectivity index (χ4v) is 2.86. The number of pyridine rings is 1. The van der Waals surface area contributed by atoms with E-state index >= 15 is 0 Å². The quantitative estimate of drug-likeness (QED) is 0.724. The van der Waals surface area contributed by atoms with Crippen LogP contribution in [-0.2, 0) is 4.79 Å². The van der Waals surface area contributed by atoms with Crippen LogP contribution < -0.4 is 11.1 Å². The van der Waals surface area contributed by atoms with Crippen LogP contribution in [0.1, 0.15) is 24.2 Å². The molecule has 1 atom stereocenters. The Morgan fingerprint density at radius 3 is 1.92 bits per heavy atom. The van der Waals surface area contributed by atoms with Gasteiger partial charge in [0, 0.05) is 10.8 Å². The van der Waals surface area contributed by atoms with Crippen LogP contribution in [0.5, 0.6) is 0 Å². The van der Waals surface area contributed by atoms with E-state index in [4.69, 9.17) is 5.73 Å². The Bertz CT molecular complexity index is 880. The van der Waals surface area contributed by atoms with Gasteiger partial charge in [-0.15, -0.1) is 0 Å². The number of benzene rings is 2. The van der Waals surface area contributed by atoms with E-state index in [0.29, 0.717) is 5.56 Å². The van der Waals surface area contributed by atoms with E-state index in [1.165, 1.54) is 0 Å². The van der Waals surface area contributed by atoms with Crippen molar-refractivity contribution in [2.24, 2.45) is 11.7 Å². The molecule has 0 spiro atoms. The third-order valence-corrected chi connectivity index (χ3v) is 4.07. The first-order valence-corrected chi connectivity index (χ1v) is 7.86. The standard InChI is InChI=1S/C19H19N3O2/c1-11(2)17(18(20)23)22-19(24)16-12-7-3-5-9-14(12)21-15-10-6-4-8-13(15)16/h3-11,17H,1-2H3,(H2,20,23)(H,22,24)/t17-/m1/s1. The second kappa shape index (κ2) is 6.28. The molecule has 1 aromatic heterocycles. The molecule has 3 N–H and O–H groups in total. The van der Waals surface area contributed by atoms with E-state index in [9.17, 15) is 9.59 Å². The number of para-hydroxylation sites is 2. The smallest absolute Gasteiger partial charge is 0.253 e. The van der Waals surface area contributed by atoms with Gasteiger partial charge in [0.1, 0.15) is 6.04 Å². The van der Waals surface area contributed by atoms with Crippen molar-refractivity contribution in [1.29, 1.82) is 0 Å². The number of amides is 2. The summed E-state index contributed by atoms with van der Waals surface area (Å²) in [6.07, 6.45) is 0. The summed E-state index contributed by atoms with van der Waals surface area (Å²) in [4.78, 5) is 29.2. The first kappa shape index (κ1) is 15.9. The Morgan fingerprint density at radius 2 is 1.46 bits per heavy atom. The summed E-state index contributed by atoms with van der Waals surface area (Å²) in [7, 11) is 0. The van der Waals surface area contributed by atoms with Gasteiger partial charge in [0.05, 0.1) is 16.6 Å². The van der Waals surface area contributed by atoms with Crippen molar-refractivity contribution in [2.75, 3.05) is 0 Å². The topological polar surface area (TPSA) is 85.1 Å². The molecule has 2 amide bonds. The van der Waals surface area contributed by atoms with Crippen LogP contribution in [0.2, 0.25) is 0 Å². The number of aromatic nitrogens is 1. The molecule has 0 fully saturated rings. The van der Waals surface area contributed by atoms with E-state index in [1.54, 1.807) is 0 Å². The van der Waals surface area contributed by atoms with Crippen LogP contribution in [0, 0.1) is 5.92 Å². The molecule has 0 bridgehead atoms. The summed E-state index contributed by atoms with van der Waals surface area (Å²) < 4.78 is 0. The van der Waals surface area contributed by atoms with Gasteiger partial charge in [-0.2, -0.15) is 0 Å². The molecule has 24 heavy (non-hydrogen) atoms. The Hall–Kier alpha value is -2.95. The Labute approximate surface area is 139 Å². The number of nitrogens with zero attached hydrogens (tertiary/aromatic N) is 1. The van der Waals surface area contributed by atoms with Crippen molar-refractivity contribution in [1.82, 2.24) is 10.3 Å². The number of carbonyl (C=O) groups excluding carboxylic acids is 2. The molecule has 3 aromatic rings. The van der Waals surface area contributed by atoms with Gasteiger partial charge in [0.2, 0.25) is 5.91 Å². The van der Waals surface area contributed by atoms with Crippen molar-refractivity contribution < 1.29 is 9.59 Å². The molecular formula is C19H19N3O2. The van der Waals surface area contributed by atoms with E-state index < -0.39 is 11.9 Å². The summed E-state index contributed by atoms with van der Waals surface area (Å²) in [6, 6.07) is 14.2. The Kier molecular flexibility index (Phi) is 4.16. The van der Waals surface area contributed by atoms with Gasteiger partial charge >= 0.3 is 0 Å². The van der Waals surface area contributed by atoms with Crippen LogP contribution in [0.15, 0.2) is 48.5 Å². The molecule has 5 nitrogen and oxygen atoms in total. The van der Waals surface area contributed by atoms with Crippen LogP contribution >= 0.6 is 0 Å². The number of nitrogens with one attached hydrogen (secondary N) is 1. The molecule has 0 aliphatic heterocycles. The SMILES string of the molecule is CC(C)[C@@H](NC(=O)c1c2ccccc2nc2ccccc12)C(N)=O. The first-order valence-electron chi connectivity index (χ1n) is 7.86. The van der Waals surface area contributed by atoms with E-state index in [-0.39, 0.29) is 11.8 Å². The molecule has 3 rings (SSSR count). The van der Waals surface area contributed by atoms with Crippen LogP contribution in [-0.4, -0.2) is 22.8 Å². The highest BCUT2D eigenvalue weighted by molar-refractivity contribution is 6.16. The van der Waals surface area contributed by atoms with Crippen molar-refractivity contribution in [3.05, 3.63) is 54.1 Å². The van der Waals surface area contributed by atoms with Gasteiger partial charge in [0.25, 0.3) is 5.91 Å². The molecule has 0 unspecified atom stereocenters. The molecule has 0 radical (unpaired) electrons. The predicted octanol–water partition coefficient (Wildman–Crippen LogP) is 2.63. The van der Waals surface area contributed by atoms with E-state index in [2.05, 4.69) is 10.3 Å². The average Bonchev–Trinajstić information content (AvgIpc) is 2.56. The molecule has 5 heteroatoms. The lowest BCUT2D eigenvalue weighted by Crippen LogP contribution is -2.47. The number of rotatable bonds is 4. The maximum atomic E-state index is 12.9. The lowest BCUT2D eigenvalue weighted by molar-refractivity contribution is -0.120. The number of carbonyl (C=O) groups is 2. The van der Waals surface area contributed by atoms with Crippen LogP contribution in [0.3, 0.4) is 0 Å². The molecule has 0 saturated carbocycles.